The molecule has 0 spiro atoms. The number of nitro benzene ring substituents is 1. The lowest BCUT2D eigenvalue weighted by Gasteiger charge is -1.99. The highest BCUT2D eigenvalue weighted by atomic mass is 19.1. The molecule has 1 N–H and O–H groups in total. The Morgan fingerprint density at radius 1 is 1.21 bits per heavy atom. The first-order valence-electron chi connectivity index (χ1n) is 5.44. The molecular formula is C13H10FN3O2. The second-order valence-electron chi connectivity index (χ2n) is 3.73. The first kappa shape index (κ1) is 12.7. The molecule has 5 nitrogen and oxygen atoms in total. The molecule has 0 aliphatic rings. The van der Waals surface area contributed by atoms with Crippen LogP contribution in [0.1, 0.15) is 5.56 Å². The maximum atomic E-state index is 12.9. The molecule has 0 amide bonds. The molecule has 0 atom stereocenters. The van der Waals surface area contributed by atoms with Gasteiger partial charge in [0.1, 0.15) is 5.82 Å². The second-order valence-corrected chi connectivity index (χ2v) is 3.73. The van der Waals surface area contributed by atoms with Gasteiger partial charge in [0.05, 0.1) is 16.8 Å². The molecule has 19 heavy (non-hydrogen) atoms. The van der Waals surface area contributed by atoms with Gasteiger partial charge in [0.25, 0.3) is 5.69 Å². The Hall–Kier alpha value is -2.76. The summed E-state index contributed by atoms with van der Waals surface area (Å²) >= 11 is 0. The van der Waals surface area contributed by atoms with Gasteiger partial charge in [0.2, 0.25) is 0 Å². The van der Waals surface area contributed by atoms with Gasteiger partial charge in [-0.25, -0.2) is 4.39 Å². The third kappa shape index (κ3) is 3.60. The first-order chi connectivity index (χ1) is 9.15. The largest absolute Gasteiger partial charge is 0.278 e. The number of nitrogens with zero attached hydrogens (tertiary/aromatic N) is 2. The van der Waals surface area contributed by atoms with E-state index in [1.807, 2.05) is 0 Å². The van der Waals surface area contributed by atoms with E-state index in [1.165, 1.54) is 30.5 Å². The summed E-state index contributed by atoms with van der Waals surface area (Å²) in [6.07, 6.45) is 1.43. The molecule has 0 heterocycles. The molecule has 0 radical (unpaired) electrons. The van der Waals surface area contributed by atoms with Crippen molar-refractivity contribution in [3.05, 3.63) is 70.0 Å². The number of anilines is 1. The zero-order valence-electron chi connectivity index (χ0n) is 9.79. The zero-order valence-corrected chi connectivity index (χ0v) is 9.79. The minimum atomic E-state index is -0.485. The molecule has 0 saturated heterocycles. The van der Waals surface area contributed by atoms with E-state index in [1.54, 1.807) is 24.3 Å². The Morgan fingerprint density at radius 2 is 2.00 bits per heavy atom. The van der Waals surface area contributed by atoms with E-state index in [4.69, 9.17) is 0 Å². The summed E-state index contributed by atoms with van der Waals surface area (Å²) in [5.41, 5.74) is 3.71. The number of nitro groups is 1. The number of rotatable bonds is 4. The molecule has 0 aliphatic heterocycles. The van der Waals surface area contributed by atoms with Crippen LogP contribution in [0.25, 0.3) is 0 Å². The molecular weight excluding hydrogens is 249 g/mol. The van der Waals surface area contributed by atoms with Crippen molar-refractivity contribution in [2.24, 2.45) is 5.10 Å². The maximum absolute atomic E-state index is 12.9. The van der Waals surface area contributed by atoms with E-state index in [0.29, 0.717) is 11.3 Å². The summed E-state index contributed by atoms with van der Waals surface area (Å²) in [5, 5.41) is 14.5. The molecule has 6 heteroatoms. The van der Waals surface area contributed by atoms with Gasteiger partial charge in [-0.1, -0.05) is 18.2 Å². The van der Waals surface area contributed by atoms with Crippen LogP contribution in [-0.2, 0) is 0 Å². The highest BCUT2D eigenvalue weighted by molar-refractivity contribution is 5.80. The maximum Gasteiger partial charge on any atom is 0.271 e. The quantitative estimate of drug-likeness (QED) is 0.521. The third-order valence-corrected chi connectivity index (χ3v) is 2.31. The smallest absolute Gasteiger partial charge is 0.271 e. The van der Waals surface area contributed by atoms with Crippen molar-refractivity contribution in [3.63, 3.8) is 0 Å². The predicted octanol–water partition coefficient (Wildman–Crippen LogP) is 3.18. The van der Waals surface area contributed by atoms with Crippen LogP contribution in [0.4, 0.5) is 15.8 Å². The van der Waals surface area contributed by atoms with Gasteiger partial charge < -0.3 is 0 Å². The number of hydrogen-bond donors (Lipinski definition) is 1. The number of non-ortho nitro benzene ring substituents is 1. The van der Waals surface area contributed by atoms with Crippen LogP contribution in [-0.4, -0.2) is 11.1 Å². The minimum Gasteiger partial charge on any atom is -0.278 e. The molecule has 0 unspecified atom stereocenters. The van der Waals surface area contributed by atoms with Crippen LogP contribution in [0, 0.1) is 15.9 Å². The third-order valence-electron chi connectivity index (χ3n) is 2.31. The molecule has 2 aromatic carbocycles. The Bertz CT molecular complexity index is 629. The first-order valence-corrected chi connectivity index (χ1v) is 5.44. The van der Waals surface area contributed by atoms with Gasteiger partial charge >= 0.3 is 0 Å². The Balaban J connectivity index is 2.06. The average molecular weight is 259 g/mol. The molecule has 2 aromatic rings. The van der Waals surface area contributed by atoms with Crippen molar-refractivity contribution in [1.82, 2.24) is 0 Å². The van der Waals surface area contributed by atoms with Gasteiger partial charge in [-0.3, -0.25) is 15.5 Å². The summed E-state index contributed by atoms with van der Waals surface area (Å²) in [4.78, 5) is 10.1. The number of hydrogen-bond acceptors (Lipinski definition) is 4. The number of nitrogens with one attached hydrogen (secondary N) is 1. The Kier molecular flexibility index (Phi) is 3.82. The van der Waals surface area contributed by atoms with Crippen LogP contribution < -0.4 is 5.43 Å². The van der Waals surface area contributed by atoms with E-state index in [-0.39, 0.29) is 11.5 Å². The standard InChI is InChI=1S/C13H10FN3O2/c14-11-4-1-3-10(7-11)9-15-16-12-5-2-6-13(8-12)17(18)19/h1-9,16H/b15-9-. The van der Waals surface area contributed by atoms with Crippen molar-refractivity contribution in [2.75, 3.05) is 5.43 Å². The SMILES string of the molecule is O=[N+]([O-])c1cccc(N/N=C\c2cccc(F)c2)c1. The topological polar surface area (TPSA) is 67.5 Å². The van der Waals surface area contributed by atoms with Gasteiger partial charge in [-0.2, -0.15) is 5.10 Å². The van der Waals surface area contributed by atoms with Crippen molar-refractivity contribution in [2.45, 2.75) is 0 Å². The fourth-order valence-electron chi connectivity index (χ4n) is 1.46. The highest BCUT2D eigenvalue weighted by Gasteiger charge is 2.04. The van der Waals surface area contributed by atoms with Crippen LogP contribution in [0.5, 0.6) is 0 Å². The van der Waals surface area contributed by atoms with Gasteiger partial charge in [-0.05, 0) is 23.8 Å². The van der Waals surface area contributed by atoms with E-state index in [0.717, 1.165) is 0 Å². The van der Waals surface area contributed by atoms with Crippen molar-refractivity contribution >= 4 is 17.6 Å². The summed E-state index contributed by atoms with van der Waals surface area (Å²) in [7, 11) is 0. The number of hydrazone groups is 1. The normalized spacial score (nSPS) is 10.6. The van der Waals surface area contributed by atoms with Crippen LogP contribution in [0.2, 0.25) is 0 Å². The van der Waals surface area contributed by atoms with E-state index in [2.05, 4.69) is 10.5 Å². The van der Waals surface area contributed by atoms with Crippen molar-refractivity contribution in [1.29, 1.82) is 0 Å². The fraction of sp³-hybridized carbons (Fsp3) is 0. The van der Waals surface area contributed by atoms with Gasteiger partial charge in [0.15, 0.2) is 0 Å². The van der Waals surface area contributed by atoms with E-state index >= 15 is 0 Å². The van der Waals surface area contributed by atoms with E-state index in [9.17, 15) is 14.5 Å². The molecule has 0 aromatic heterocycles. The molecule has 2 rings (SSSR count). The van der Waals surface area contributed by atoms with Crippen molar-refractivity contribution in [3.8, 4) is 0 Å². The molecule has 0 fully saturated rings. The molecule has 0 aliphatic carbocycles. The number of halogens is 1. The Labute approximate surface area is 108 Å². The van der Waals surface area contributed by atoms with Crippen LogP contribution in [0.3, 0.4) is 0 Å². The van der Waals surface area contributed by atoms with Crippen LogP contribution >= 0.6 is 0 Å². The van der Waals surface area contributed by atoms with E-state index < -0.39 is 4.92 Å². The Morgan fingerprint density at radius 3 is 2.74 bits per heavy atom. The predicted molar refractivity (Wildman–Crippen MR) is 70.7 cm³/mol. The second kappa shape index (κ2) is 5.72. The lowest BCUT2D eigenvalue weighted by Crippen LogP contribution is -1.93. The minimum absolute atomic E-state index is 0.0223. The summed E-state index contributed by atoms with van der Waals surface area (Å²) in [6.45, 7) is 0. The molecule has 96 valence electrons. The number of benzene rings is 2. The average Bonchev–Trinajstić information content (AvgIpc) is 2.39. The summed E-state index contributed by atoms with van der Waals surface area (Å²) in [6, 6.07) is 11.9. The monoisotopic (exact) mass is 259 g/mol. The van der Waals surface area contributed by atoms with Gasteiger partial charge in [0, 0.05) is 12.1 Å². The zero-order chi connectivity index (χ0) is 13.7. The summed E-state index contributed by atoms with van der Waals surface area (Å²) < 4.78 is 12.9. The van der Waals surface area contributed by atoms with Crippen LogP contribution in [0.15, 0.2) is 53.6 Å². The lowest BCUT2D eigenvalue weighted by atomic mass is 10.2. The molecule has 0 bridgehead atoms. The summed E-state index contributed by atoms with van der Waals surface area (Å²) in [5.74, 6) is -0.348. The lowest BCUT2D eigenvalue weighted by molar-refractivity contribution is -0.384. The van der Waals surface area contributed by atoms with Gasteiger partial charge in [-0.15, -0.1) is 0 Å². The molecule has 0 saturated carbocycles. The highest BCUT2D eigenvalue weighted by Crippen LogP contribution is 2.16. The fourth-order valence-corrected chi connectivity index (χ4v) is 1.46. The van der Waals surface area contributed by atoms with Crippen molar-refractivity contribution < 1.29 is 9.31 Å².